The van der Waals surface area contributed by atoms with Crippen LogP contribution in [0, 0.1) is 0 Å². The van der Waals surface area contributed by atoms with Gasteiger partial charge in [0.1, 0.15) is 10.9 Å². The largest absolute Gasteiger partial charge is 0.480 e. The summed E-state index contributed by atoms with van der Waals surface area (Å²) >= 11 is 1.41. The van der Waals surface area contributed by atoms with Gasteiger partial charge in [-0.2, -0.15) is 0 Å². The van der Waals surface area contributed by atoms with E-state index in [0.29, 0.717) is 23.8 Å². The summed E-state index contributed by atoms with van der Waals surface area (Å²) in [6.45, 7) is 0.336. The Morgan fingerprint density at radius 2 is 1.96 bits per heavy atom. The predicted molar refractivity (Wildman–Crippen MR) is 85.5 cm³/mol. The van der Waals surface area contributed by atoms with E-state index in [1.807, 2.05) is 24.3 Å². The third-order valence-corrected chi connectivity index (χ3v) is 5.60. The van der Waals surface area contributed by atoms with Crippen molar-refractivity contribution >= 4 is 23.2 Å². The molecule has 1 aliphatic carbocycles. The minimum Gasteiger partial charge on any atom is -0.480 e. The Morgan fingerprint density at radius 3 is 2.65 bits per heavy atom. The minimum atomic E-state index is -0.959. The van der Waals surface area contributed by atoms with Crippen LogP contribution in [0.25, 0.3) is 0 Å². The third-order valence-electron chi connectivity index (χ3n) is 4.46. The SMILES string of the molecule is O=C(O)[C@H]1Cc2ccccc2CN1C(=O)c1cnc(C2CC2)s1. The molecule has 6 heteroatoms. The zero-order chi connectivity index (χ0) is 16.0. The lowest BCUT2D eigenvalue weighted by Crippen LogP contribution is -2.48. The molecule has 1 amide bonds. The lowest BCUT2D eigenvalue weighted by molar-refractivity contribution is -0.142. The first-order chi connectivity index (χ1) is 11.1. The van der Waals surface area contributed by atoms with Gasteiger partial charge in [0.25, 0.3) is 5.91 Å². The number of benzene rings is 1. The Hall–Kier alpha value is -2.21. The second-order valence-corrected chi connectivity index (χ2v) is 7.16. The predicted octanol–water partition coefficient (Wildman–Crippen LogP) is 2.67. The van der Waals surface area contributed by atoms with Crippen LogP contribution in [0.4, 0.5) is 0 Å². The normalized spacial score (nSPS) is 20.2. The zero-order valence-corrected chi connectivity index (χ0v) is 13.3. The third kappa shape index (κ3) is 2.63. The van der Waals surface area contributed by atoms with Crippen molar-refractivity contribution in [1.29, 1.82) is 0 Å². The number of carbonyl (C=O) groups excluding carboxylic acids is 1. The Kier molecular flexibility index (Phi) is 3.41. The van der Waals surface area contributed by atoms with Crippen LogP contribution in [-0.4, -0.2) is 32.9 Å². The molecule has 1 aliphatic heterocycles. The average molecular weight is 328 g/mol. The number of rotatable bonds is 3. The second kappa shape index (κ2) is 5.45. The van der Waals surface area contributed by atoms with E-state index >= 15 is 0 Å². The molecule has 1 aromatic heterocycles. The number of hydrogen-bond acceptors (Lipinski definition) is 4. The van der Waals surface area contributed by atoms with Crippen molar-refractivity contribution in [2.75, 3.05) is 0 Å². The van der Waals surface area contributed by atoms with E-state index in [2.05, 4.69) is 4.98 Å². The van der Waals surface area contributed by atoms with Crippen LogP contribution in [0.15, 0.2) is 30.5 Å². The van der Waals surface area contributed by atoms with E-state index in [1.165, 1.54) is 16.2 Å². The van der Waals surface area contributed by atoms with Crippen molar-refractivity contribution in [3.05, 3.63) is 51.5 Å². The summed E-state index contributed by atoms with van der Waals surface area (Å²) in [6.07, 6.45) is 4.22. The van der Waals surface area contributed by atoms with Crippen molar-refractivity contribution in [3.8, 4) is 0 Å². The fourth-order valence-electron chi connectivity index (χ4n) is 3.00. The molecule has 0 saturated heterocycles. The van der Waals surface area contributed by atoms with Crippen LogP contribution in [0.5, 0.6) is 0 Å². The van der Waals surface area contributed by atoms with Gasteiger partial charge < -0.3 is 10.0 Å². The van der Waals surface area contributed by atoms with E-state index in [-0.39, 0.29) is 5.91 Å². The van der Waals surface area contributed by atoms with Gasteiger partial charge in [0.15, 0.2) is 0 Å². The highest BCUT2D eigenvalue weighted by molar-refractivity contribution is 7.13. The minimum absolute atomic E-state index is 0.226. The Bertz CT molecular complexity index is 782. The van der Waals surface area contributed by atoms with Crippen LogP contribution >= 0.6 is 11.3 Å². The molecule has 1 saturated carbocycles. The molecule has 1 atom stereocenters. The summed E-state index contributed by atoms with van der Waals surface area (Å²) in [5.41, 5.74) is 2.03. The number of nitrogens with zero attached hydrogens (tertiary/aromatic N) is 2. The topological polar surface area (TPSA) is 70.5 Å². The van der Waals surface area contributed by atoms with Crippen LogP contribution in [0.1, 0.15) is 44.6 Å². The molecule has 0 unspecified atom stereocenters. The molecule has 1 N–H and O–H groups in total. The maximum absolute atomic E-state index is 12.8. The standard InChI is InChI=1S/C17H16N2O3S/c20-16(14-8-18-15(23-14)10-5-6-10)19-9-12-4-2-1-3-11(12)7-13(19)17(21)22/h1-4,8,10,13H,5-7,9H2,(H,21,22)/t13-/m1/s1. The summed E-state index contributed by atoms with van der Waals surface area (Å²) in [7, 11) is 0. The van der Waals surface area contributed by atoms with Crippen molar-refractivity contribution < 1.29 is 14.7 Å². The molecule has 2 heterocycles. The molecule has 2 aliphatic rings. The summed E-state index contributed by atoms with van der Waals surface area (Å²) in [4.78, 5) is 30.8. The molecule has 1 fully saturated rings. The maximum Gasteiger partial charge on any atom is 0.326 e. The van der Waals surface area contributed by atoms with Crippen LogP contribution in [-0.2, 0) is 17.8 Å². The highest BCUT2D eigenvalue weighted by atomic mass is 32.1. The number of hydrogen-bond donors (Lipinski definition) is 1. The molecular weight excluding hydrogens is 312 g/mol. The number of aliphatic carboxylic acids is 1. The Morgan fingerprint density at radius 1 is 1.22 bits per heavy atom. The first-order valence-corrected chi connectivity index (χ1v) is 8.51. The molecule has 0 radical (unpaired) electrons. The van der Waals surface area contributed by atoms with E-state index in [1.54, 1.807) is 6.20 Å². The van der Waals surface area contributed by atoms with Crippen LogP contribution in [0.2, 0.25) is 0 Å². The highest BCUT2D eigenvalue weighted by Gasteiger charge is 2.36. The van der Waals surface area contributed by atoms with Gasteiger partial charge in [-0.3, -0.25) is 4.79 Å². The Balaban J connectivity index is 1.64. The second-order valence-electron chi connectivity index (χ2n) is 6.10. The van der Waals surface area contributed by atoms with Crippen LogP contribution < -0.4 is 0 Å². The summed E-state index contributed by atoms with van der Waals surface area (Å²) in [5.74, 6) is -0.685. The fourth-order valence-corrected chi connectivity index (χ4v) is 4.05. The van der Waals surface area contributed by atoms with E-state index in [9.17, 15) is 14.7 Å². The first-order valence-electron chi connectivity index (χ1n) is 7.70. The molecule has 0 spiro atoms. The fraction of sp³-hybridized carbons (Fsp3) is 0.353. The van der Waals surface area contributed by atoms with Crippen molar-refractivity contribution in [2.24, 2.45) is 0 Å². The van der Waals surface area contributed by atoms with Crippen LogP contribution in [0.3, 0.4) is 0 Å². The zero-order valence-electron chi connectivity index (χ0n) is 12.4. The smallest absolute Gasteiger partial charge is 0.326 e. The number of fused-ring (bicyclic) bond motifs is 1. The summed E-state index contributed by atoms with van der Waals surface area (Å²) in [6, 6.07) is 6.89. The van der Waals surface area contributed by atoms with Crippen molar-refractivity contribution in [1.82, 2.24) is 9.88 Å². The number of thiazole rings is 1. The number of carbonyl (C=O) groups is 2. The number of carboxylic acid groups (broad SMARTS) is 1. The lowest BCUT2D eigenvalue weighted by Gasteiger charge is -2.34. The van der Waals surface area contributed by atoms with Crippen molar-refractivity contribution in [3.63, 3.8) is 0 Å². The van der Waals surface area contributed by atoms with Gasteiger partial charge in [0.2, 0.25) is 0 Å². The van der Waals surface area contributed by atoms with Gasteiger partial charge in [-0.15, -0.1) is 11.3 Å². The van der Waals surface area contributed by atoms with Gasteiger partial charge in [-0.1, -0.05) is 24.3 Å². The van der Waals surface area contributed by atoms with Gasteiger partial charge >= 0.3 is 5.97 Å². The molecule has 23 heavy (non-hydrogen) atoms. The first kappa shape index (κ1) is 14.4. The summed E-state index contributed by atoms with van der Waals surface area (Å²) < 4.78 is 0. The molecular formula is C17H16N2O3S. The van der Waals surface area contributed by atoms with Gasteiger partial charge in [0, 0.05) is 18.9 Å². The monoisotopic (exact) mass is 328 g/mol. The van der Waals surface area contributed by atoms with Gasteiger partial charge in [0.05, 0.1) is 11.2 Å². The number of carboxylic acids is 1. The molecule has 2 aromatic rings. The molecule has 1 aromatic carbocycles. The van der Waals surface area contributed by atoms with E-state index in [0.717, 1.165) is 29.0 Å². The van der Waals surface area contributed by atoms with E-state index < -0.39 is 12.0 Å². The summed E-state index contributed by atoms with van der Waals surface area (Å²) in [5, 5.41) is 10.5. The van der Waals surface area contributed by atoms with Gasteiger partial charge in [-0.25, -0.2) is 9.78 Å². The van der Waals surface area contributed by atoms with Gasteiger partial charge in [-0.05, 0) is 24.0 Å². The van der Waals surface area contributed by atoms with E-state index in [4.69, 9.17) is 0 Å². The highest BCUT2D eigenvalue weighted by Crippen LogP contribution is 2.42. The lowest BCUT2D eigenvalue weighted by atomic mass is 9.94. The average Bonchev–Trinajstić information content (AvgIpc) is 3.30. The Labute approximate surface area is 137 Å². The molecule has 118 valence electrons. The molecule has 5 nitrogen and oxygen atoms in total. The maximum atomic E-state index is 12.8. The quantitative estimate of drug-likeness (QED) is 0.940. The molecule has 0 bridgehead atoms. The van der Waals surface area contributed by atoms with Crippen molar-refractivity contribution in [2.45, 2.75) is 37.8 Å². The molecule has 4 rings (SSSR count). The number of aromatic nitrogens is 1. The number of amides is 1.